The molecular weight excluding hydrogens is 763 g/mol. The molecule has 0 aromatic heterocycles. The molecule has 0 aromatic rings. The van der Waals surface area contributed by atoms with Gasteiger partial charge in [-0.05, 0) is 51.4 Å². The maximum atomic E-state index is 12.2. The van der Waals surface area contributed by atoms with Crippen LogP contribution >= 0.6 is 0 Å². The largest absolute Gasteiger partial charge is 0.463 e. The maximum Gasteiger partial charge on any atom is 0.305 e. The Morgan fingerprint density at radius 3 is 1.39 bits per heavy atom. The molecule has 0 aliphatic rings. The Bertz CT molecular complexity index is 885. The van der Waals surface area contributed by atoms with E-state index in [2.05, 4.69) is 40.1 Å². The normalized spacial score (nSPS) is 12.5. The van der Waals surface area contributed by atoms with Crippen molar-refractivity contribution in [2.24, 2.45) is 0 Å². The Morgan fingerprint density at radius 2 is 0.902 bits per heavy atom. The molecule has 1 atom stereocenters. The van der Waals surface area contributed by atoms with E-state index < -0.39 is 0 Å². The summed E-state index contributed by atoms with van der Waals surface area (Å²) in [7, 11) is 4.55. The number of unbranched alkanes of at least 4 members (excludes halogenated alkanes) is 29. The van der Waals surface area contributed by atoms with Crippen molar-refractivity contribution in [1.29, 1.82) is 0 Å². The van der Waals surface area contributed by atoms with Gasteiger partial charge in [0.2, 0.25) is 0 Å². The highest BCUT2D eigenvalue weighted by Crippen LogP contribution is 2.16. The van der Waals surface area contributed by atoms with Crippen molar-refractivity contribution in [3.05, 3.63) is 12.2 Å². The SMILES string of the molecule is CCCCCCCC/C=C\CCCCCCCCOC(COCCCCCCCCCCCCCCCCCCC)C[N+](C)(C)CCCCC(=O)OCCOCCOCCO. The van der Waals surface area contributed by atoms with Crippen LogP contribution in [0.3, 0.4) is 0 Å². The molecule has 1 unspecified atom stereocenters. The molecule has 364 valence electrons. The predicted octanol–water partition coefficient (Wildman–Crippen LogP) is 13.9. The van der Waals surface area contributed by atoms with Crippen LogP contribution in [0.25, 0.3) is 0 Å². The van der Waals surface area contributed by atoms with Crippen molar-refractivity contribution in [2.45, 2.75) is 238 Å². The van der Waals surface area contributed by atoms with Gasteiger partial charge in [0.25, 0.3) is 0 Å². The summed E-state index contributed by atoms with van der Waals surface area (Å²) in [6, 6.07) is 0. The van der Waals surface area contributed by atoms with Crippen molar-refractivity contribution in [2.75, 3.05) is 86.6 Å². The van der Waals surface area contributed by atoms with Gasteiger partial charge in [0.05, 0.1) is 60.3 Å². The van der Waals surface area contributed by atoms with Gasteiger partial charge in [0.1, 0.15) is 19.3 Å². The molecule has 0 aliphatic heterocycles. The lowest BCUT2D eigenvalue weighted by Gasteiger charge is -2.33. The van der Waals surface area contributed by atoms with Crippen molar-refractivity contribution in [1.82, 2.24) is 0 Å². The summed E-state index contributed by atoms with van der Waals surface area (Å²) in [4.78, 5) is 12.2. The minimum Gasteiger partial charge on any atom is -0.463 e. The molecule has 0 spiro atoms. The Kier molecular flexibility index (Phi) is 49.1. The van der Waals surface area contributed by atoms with Gasteiger partial charge < -0.3 is 33.3 Å². The van der Waals surface area contributed by atoms with Crippen LogP contribution in [0.5, 0.6) is 0 Å². The van der Waals surface area contributed by atoms with E-state index >= 15 is 0 Å². The highest BCUT2D eigenvalue weighted by molar-refractivity contribution is 5.69. The van der Waals surface area contributed by atoms with Gasteiger partial charge in [-0.1, -0.05) is 187 Å². The van der Waals surface area contributed by atoms with Crippen LogP contribution in [0.15, 0.2) is 12.2 Å². The number of carbonyl (C=O) groups is 1. The summed E-state index contributed by atoms with van der Waals surface area (Å²) >= 11 is 0. The van der Waals surface area contributed by atoms with Gasteiger partial charge >= 0.3 is 5.97 Å². The standard InChI is InChI=1S/C53H106NO7/c1-5-7-9-11-13-15-17-19-21-23-24-26-28-30-32-34-38-43-59-51-52(60-44-39-35-33-31-29-27-25-22-20-18-16-14-12-10-8-6-2)50-54(3,4)41-37-36-40-53(56)61-49-48-58-47-46-57-45-42-55/h20,22,52,55H,5-19,21,23-51H2,1-4H3/q+1/b22-20-. The third-order valence-corrected chi connectivity index (χ3v) is 11.9. The number of hydrogen-bond acceptors (Lipinski definition) is 7. The third-order valence-electron chi connectivity index (χ3n) is 11.9. The number of esters is 1. The summed E-state index contributed by atoms with van der Waals surface area (Å²) in [5.41, 5.74) is 0. The van der Waals surface area contributed by atoms with Gasteiger partial charge in [0, 0.05) is 19.6 Å². The average molecular weight is 869 g/mol. The molecule has 0 radical (unpaired) electrons. The molecule has 0 aromatic carbocycles. The molecule has 0 fully saturated rings. The number of aliphatic hydroxyl groups is 1. The number of carbonyl (C=O) groups excluding carboxylic acids is 1. The van der Waals surface area contributed by atoms with E-state index in [0.29, 0.717) is 39.5 Å². The average Bonchev–Trinajstić information content (AvgIpc) is 3.25. The van der Waals surface area contributed by atoms with Crippen LogP contribution in [0, 0.1) is 0 Å². The molecule has 0 bridgehead atoms. The lowest BCUT2D eigenvalue weighted by Crippen LogP contribution is -2.48. The topological polar surface area (TPSA) is 83.5 Å². The molecule has 0 rings (SSSR count). The zero-order valence-electron chi connectivity index (χ0n) is 41.4. The number of rotatable bonds is 52. The molecule has 0 amide bonds. The van der Waals surface area contributed by atoms with Gasteiger partial charge in [-0.2, -0.15) is 0 Å². The fraction of sp³-hybridized carbons (Fsp3) is 0.943. The minimum atomic E-state index is -0.167. The molecule has 0 saturated carbocycles. The van der Waals surface area contributed by atoms with E-state index in [4.69, 9.17) is 28.8 Å². The monoisotopic (exact) mass is 869 g/mol. The van der Waals surface area contributed by atoms with Crippen LogP contribution < -0.4 is 0 Å². The first-order chi connectivity index (χ1) is 29.9. The smallest absolute Gasteiger partial charge is 0.305 e. The highest BCUT2D eigenvalue weighted by atomic mass is 16.6. The fourth-order valence-electron chi connectivity index (χ4n) is 8.02. The van der Waals surface area contributed by atoms with Crippen LogP contribution in [-0.4, -0.2) is 108 Å². The number of likely N-dealkylation sites (N-methyl/N-ethyl adjacent to an activating group) is 1. The van der Waals surface area contributed by atoms with Gasteiger partial charge in [-0.3, -0.25) is 4.79 Å². The Labute approximate surface area is 380 Å². The van der Waals surface area contributed by atoms with Crippen LogP contribution in [0.4, 0.5) is 0 Å². The Morgan fingerprint density at radius 1 is 0.475 bits per heavy atom. The zero-order chi connectivity index (χ0) is 44.4. The van der Waals surface area contributed by atoms with E-state index in [1.165, 1.54) is 186 Å². The first-order valence-corrected chi connectivity index (χ1v) is 26.5. The van der Waals surface area contributed by atoms with E-state index in [1.54, 1.807) is 0 Å². The number of nitrogens with zero attached hydrogens (tertiary/aromatic N) is 1. The Balaban J connectivity index is 4.28. The summed E-state index contributed by atoms with van der Waals surface area (Å²) in [5, 5.41) is 8.73. The second kappa shape index (κ2) is 50.0. The summed E-state index contributed by atoms with van der Waals surface area (Å²) < 4.78 is 29.5. The first kappa shape index (κ1) is 60.0. The van der Waals surface area contributed by atoms with Crippen LogP contribution in [-0.2, 0) is 28.5 Å². The van der Waals surface area contributed by atoms with Gasteiger partial charge in [-0.15, -0.1) is 0 Å². The number of allylic oxidation sites excluding steroid dienone is 2. The number of ether oxygens (including phenoxy) is 5. The lowest BCUT2D eigenvalue weighted by molar-refractivity contribution is -0.893. The molecule has 0 heterocycles. The zero-order valence-corrected chi connectivity index (χ0v) is 41.4. The minimum absolute atomic E-state index is 0.00831. The number of hydrogen-bond donors (Lipinski definition) is 1. The van der Waals surface area contributed by atoms with Gasteiger partial charge in [-0.25, -0.2) is 0 Å². The molecule has 0 aliphatic carbocycles. The van der Waals surface area contributed by atoms with Crippen molar-refractivity contribution < 1.29 is 38.1 Å². The van der Waals surface area contributed by atoms with E-state index in [9.17, 15) is 4.79 Å². The quantitative estimate of drug-likeness (QED) is 0.0282. The van der Waals surface area contributed by atoms with Crippen molar-refractivity contribution in [3.63, 3.8) is 0 Å². The molecule has 1 N–H and O–H groups in total. The molecule has 0 saturated heterocycles. The van der Waals surface area contributed by atoms with Crippen molar-refractivity contribution >= 4 is 5.97 Å². The molecular formula is C53H106NO7+. The second-order valence-corrected chi connectivity index (χ2v) is 18.6. The van der Waals surface area contributed by atoms with E-state index in [1.807, 2.05) is 0 Å². The summed E-state index contributed by atoms with van der Waals surface area (Å²) in [5.74, 6) is -0.167. The van der Waals surface area contributed by atoms with Gasteiger partial charge in [0.15, 0.2) is 0 Å². The van der Waals surface area contributed by atoms with E-state index in [0.717, 1.165) is 56.5 Å². The highest BCUT2D eigenvalue weighted by Gasteiger charge is 2.23. The lowest BCUT2D eigenvalue weighted by atomic mass is 10.0. The molecule has 8 nitrogen and oxygen atoms in total. The fourth-order valence-corrected chi connectivity index (χ4v) is 8.02. The molecule has 61 heavy (non-hydrogen) atoms. The van der Waals surface area contributed by atoms with Crippen LogP contribution in [0.1, 0.15) is 232 Å². The summed E-state index contributed by atoms with van der Waals surface area (Å²) in [6.07, 6.45) is 49.1. The van der Waals surface area contributed by atoms with Crippen molar-refractivity contribution in [3.8, 4) is 0 Å². The third kappa shape index (κ3) is 49.8. The summed E-state index contributed by atoms with van der Waals surface area (Å²) in [6.45, 7) is 10.6. The first-order valence-electron chi connectivity index (χ1n) is 26.5. The Hall–Kier alpha value is -1.03. The number of quaternary nitrogens is 1. The number of aliphatic hydroxyl groups excluding tert-OH is 1. The predicted molar refractivity (Wildman–Crippen MR) is 260 cm³/mol. The molecule has 8 heteroatoms. The van der Waals surface area contributed by atoms with E-state index in [-0.39, 0.29) is 25.3 Å². The second-order valence-electron chi connectivity index (χ2n) is 18.6. The van der Waals surface area contributed by atoms with Crippen LogP contribution in [0.2, 0.25) is 0 Å². The maximum absolute atomic E-state index is 12.2.